The van der Waals surface area contributed by atoms with E-state index in [2.05, 4.69) is 15.6 Å². The maximum absolute atomic E-state index is 14.1. The van der Waals surface area contributed by atoms with E-state index in [0.717, 1.165) is 6.07 Å². The molecule has 0 aliphatic carbocycles. The van der Waals surface area contributed by atoms with Crippen LogP contribution in [0.5, 0.6) is 5.75 Å². The fourth-order valence-electron chi connectivity index (χ4n) is 3.41. The van der Waals surface area contributed by atoms with Crippen molar-refractivity contribution in [1.29, 1.82) is 0 Å². The van der Waals surface area contributed by atoms with E-state index in [1.807, 2.05) is 0 Å². The van der Waals surface area contributed by atoms with E-state index in [1.54, 1.807) is 25.3 Å². The molecule has 1 aliphatic rings. The zero-order chi connectivity index (χ0) is 22.4. The summed E-state index contributed by atoms with van der Waals surface area (Å²) in [7, 11) is -1.92. The number of hydrogen-bond donors (Lipinski definition) is 2. The third-order valence-corrected chi connectivity index (χ3v) is 6.65. The molecule has 1 aliphatic heterocycles. The van der Waals surface area contributed by atoms with Gasteiger partial charge in [0.2, 0.25) is 10.0 Å². The molecule has 2 heterocycles. The van der Waals surface area contributed by atoms with Gasteiger partial charge in [-0.15, -0.1) is 0 Å². The largest absolute Gasteiger partial charge is 0.489 e. The molecular weight excluding hydrogens is 427 g/mol. The predicted molar refractivity (Wildman–Crippen MR) is 114 cm³/mol. The number of rotatable bonds is 8. The fourth-order valence-corrected chi connectivity index (χ4v) is 4.73. The molecule has 0 radical (unpaired) electrons. The number of hydrogen-bond acceptors (Lipinski definition) is 6. The van der Waals surface area contributed by atoms with Gasteiger partial charge in [0, 0.05) is 37.5 Å². The summed E-state index contributed by atoms with van der Waals surface area (Å²) in [6, 6.07) is 6.25. The molecule has 31 heavy (non-hydrogen) atoms. The summed E-state index contributed by atoms with van der Waals surface area (Å²) in [5.41, 5.74) is 0.682. The molecule has 1 saturated heterocycles. The smallest absolute Gasteiger partial charge is 0.323 e. The molecule has 2 atom stereocenters. The van der Waals surface area contributed by atoms with Crippen molar-refractivity contribution in [1.82, 2.24) is 9.29 Å². The minimum atomic E-state index is -3.43. The zero-order valence-corrected chi connectivity index (χ0v) is 18.1. The second-order valence-electron chi connectivity index (χ2n) is 7.05. The Morgan fingerprint density at radius 2 is 2.06 bits per heavy atom. The highest BCUT2D eigenvalue weighted by molar-refractivity contribution is 7.89. The summed E-state index contributed by atoms with van der Waals surface area (Å²) in [5.74, 6) is -0.438. The molecule has 0 spiro atoms. The highest BCUT2D eigenvalue weighted by Crippen LogP contribution is 2.28. The molecule has 3 rings (SSSR count). The van der Waals surface area contributed by atoms with Crippen LogP contribution < -0.4 is 15.4 Å². The van der Waals surface area contributed by atoms with E-state index < -0.39 is 28.0 Å². The van der Waals surface area contributed by atoms with E-state index in [0.29, 0.717) is 12.1 Å². The lowest BCUT2D eigenvalue weighted by Crippen LogP contribution is -2.39. The summed E-state index contributed by atoms with van der Waals surface area (Å²) in [6.07, 6.45) is 2.99. The number of halogens is 1. The number of pyridine rings is 1. The lowest BCUT2D eigenvalue weighted by atomic mass is 10.2. The zero-order valence-electron chi connectivity index (χ0n) is 17.2. The van der Waals surface area contributed by atoms with Crippen LogP contribution in [0.1, 0.15) is 13.3 Å². The van der Waals surface area contributed by atoms with E-state index >= 15 is 0 Å². The van der Waals surface area contributed by atoms with Gasteiger partial charge in [-0.05, 0) is 25.1 Å². The fraction of sp³-hybridized carbons (Fsp3) is 0.400. The number of aromatic nitrogens is 1. The van der Waals surface area contributed by atoms with Crippen LogP contribution in [-0.4, -0.2) is 61.9 Å². The summed E-state index contributed by atoms with van der Waals surface area (Å²) in [6.45, 7) is 1.96. The first kappa shape index (κ1) is 22.9. The number of methoxy groups -OCH3 is 1. The topological polar surface area (TPSA) is 110 Å². The van der Waals surface area contributed by atoms with Gasteiger partial charge in [0.25, 0.3) is 0 Å². The number of anilines is 2. The molecule has 168 valence electrons. The normalized spacial score (nSPS) is 19.2. The second-order valence-corrected chi connectivity index (χ2v) is 9.26. The first-order valence-electron chi connectivity index (χ1n) is 9.74. The molecule has 0 bridgehead atoms. The Labute approximate surface area is 180 Å². The first-order chi connectivity index (χ1) is 14.8. The molecule has 0 saturated carbocycles. The Morgan fingerprint density at radius 3 is 2.74 bits per heavy atom. The van der Waals surface area contributed by atoms with Crippen LogP contribution in [0.15, 0.2) is 42.7 Å². The maximum atomic E-state index is 14.1. The van der Waals surface area contributed by atoms with Crippen molar-refractivity contribution in [2.75, 3.05) is 36.6 Å². The second kappa shape index (κ2) is 10.0. The summed E-state index contributed by atoms with van der Waals surface area (Å²) in [5, 5.41) is 5.13. The van der Waals surface area contributed by atoms with Gasteiger partial charge in [-0.2, -0.15) is 4.31 Å². The Bertz CT molecular complexity index is 1010. The number of carbonyl (C=O) groups excluding carboxylic acids is 1. The van der Waals surface area contributed by atoms with Gasteiger partial charge < -0.3 is 20.1 Å². The Hall–Kier alpha value is -2.76. The number of amides is 2. The molecule has 2 aromatic rings. The predicted octanol–water partition coefficient (Wildman–Crippen LogP) is 2.68. The van der Waals surface area contributed by atoms with Gasteiger partial charge in [-0.1, -0.05) is 0 Å². The quantitative estimate of drug-likeness (QED) is 0.637. The van der Waals surface area contributed by atoms with Crippen LogP contribution in [0.25, 0.3) is 0 Å². The number of sulfonamides is 1. The molecule has 1 aromatic heterocycles. The molecule has 2 N–H and O–H groups in total. The van der Waals surface area contributed by atoms with Crippen LogP contribution in [0.3, 0.4) is 0 Å². The Kier molecular flexibility index (Phi) is 7.42. The third kappa shape index (κ3) is 6.12. The van der Waals surface area contributed by atoms with Crippen LogP contribution >= 0.6 is 0 Å². The monoisotopic (exact) mass is 452 g/mol. The molecule has 1 fully saturated rings. The minimum absolute atomic E-state index is 0.0278. The SMILES string of the molecule is CCS(=O)(=O)N1C[C@@H](Oc2cc(F)cc(NC(=O)Nc3cccnc3)c2)CC1COC. The van der Waals surface area contributed by atoms with Gasteiger partial charge in [0.05, 0.1) is 36.8 Å². The van der Waals surface area contributed by atoms with Gasteiger partial charge >= 0.3 is 6.03 Å². The molecule has 2 amide bonds. The average Bonchev–Trinajstić information content (AvgIpc) is 3.11. The Morgan fingerprint density at radius 1 is 1.29 bits per heavy atom. The van der Waals surface area contributed by atoms with Crippen molar-refractivity contribution in [3.05, 3.63) is 48.5 Å². The number of ether oxygens (including phenoxy) is 2. The van der Waals surface area contributed by atoms with Crippen molar-refractivity contribution in [2.24, 2.45) is 0 Å². The van der Waals surface area contributed by atoms with Gasteiger partial charge in [-0.3, -0.25) is 4.98 Å². The number of urea groups is 1. The van der Waals surface area contributed by atoms with Crippen molar-refractivity contribution < 1.29 is 27.1 Å². The van der Waals surface area contributed by atoms with Crippen LogP contribution in [0.4, 0.5) is 20.6 Å². The third-order valence-electron chi connectivity index (χ3n) is 4.76. The lowest BCUT2D eigenvalue weighted by Gasteiger charge is -2.22. The van der Waals surface area contributed by atoms with Crippen molar-refractivity contribution >= 4 is 27.4 Å². The molecule has 1 aromatic carbocycles. The lowest BCUT2D eigenvalue weighted by molar-refractivity contribution is 0.147. The molecule has 11 heteroatoms. The van der Waals surface area contributed by atoms with Gasteiger partial charge in [0.1, 0.15) is 17.7 Å². The molecule has 1 unspecified atom stereocenters. The van der Waals surface area contributed by atoms with Crippen LogP contribution in [-0.2, 0) is 14.8 Å². The summed E-state index contributed by atoms with van der Waals surface area (Å²) >= 11 is 0. The highest BCUT2D eigenvalue weighted by Gasteiger charge is 2.39. The van der Waals surface area contributed by atoms with E-state index in [4.69, 9.17) is 9.47 Å². The highest BCUT2D eigenvalue weighted by atomic mass is 32.2. The minimum Gasteiger partial charge on any atom is -0.489 e. The Balaban J connectivity index is 1.68. The van der Waals surface area contributed by atoms with E-state index in [1.165, 1.54) is 29.7 Å². The average molecular weight is 453 g/mol. The van der Waals surface area contributed by atoms with E-state index in [-0.39, 0.29) is 36.4 Å². The number of nitrogens with zero attached hydrogens (tertiary/aromatic N) is 2. The molecule has 9 nitrogen and oxygen atoms in total. The van der Waals surface area contributed by atoms with E-state index in [9.17, 15) is 17.6 Å². The summed E-state index contributed by atoms with van der Waals surface area (Å²) in [4.78, 5) is 16.1. The van der Waals surface area contributed by atoms with Crippen molar-refractivity contribution in [3.8, 4) is 5.75 Å². The standard InChI is InChI=1S/C20H25FN4O5S/c1-3-31(27,28)25-12-19(10-17(25)13-29-2)30-18-8-14(21)7-16(9-18)24-20(26)23-15-5-4-6-22-11-15/h4-9,11,17,19H,3,10,12-13H2,1-2H3,(H2,23,24,26)/t17?,19-/m0/s1. The number of nitrogens with one attached hydrogen (secondary N) is 2. The van der Waals surface area contributed by atoms with Crippen LogP contribution in [0, 0.1) is 5.82 Å². The number of carbonyl (C=O) groups is 1. The molecular formula is C20H25FN4O5S. The van der Waals surface area contributed by atoms with Gasteiger partial charge in [-0.25, -0.2) is 17.6 Å². The summed E-state index contributed by atoms with van der Waals surface area (Å²) < 4.78 is 51.2. The van der Waals surface area contributed by atoms with Crippen molar-refractivity contribution in [3.63, 3.8) is 0 Å². The van der Waals surface area contributed by atoms with Gasteiger partial charge in [0.15, 0.2) is 0 Å². The maximum Gasteiger partial charge on any atom is 0.323 e. The first-order valence-corrected chi connectivity index (χ1v) is 11.4. The van der Waals surface area contributed by atoms with Crippen molar-refractivity contribution in [2.45, 2.75) is 25.5 Å². The number of benzene rings is 1. The van der Waals surface area contributed by atoms with Crippen LogP contribution in [0.2, 0.25) is 0 Å².